The average Bonchev–Trinajstić information content (AvgIpc) is 2.84. The molecule has 1 fully saturated rings. The monoisotopic (exact) mass is 321 g/mol. The molecule has 1 unspecified atom stereocenters. The summed E-state index contributed by atoms with van der Waals surface area (Å²) in [6.07, 6.45) is 0.406. The standard InChI is InChI=1S/C16H20ClN3O2/c1-16(2,3)22-15(21)19-13-6-7-20(10-13)14-5-4-12(17)8-11(14)9-18/h4-5,8,13H,6-7,10H2,1-3H3,(H,19,21). The van der Waals surface area contributed by atoms with E-state index in [-0.39, 0.29) is 6.04 Å². The highest BCUT2D eigenvalue weighted by Crippen LogP contribution is 2.27. The topological polar surface area (TPSA) is 65.4 Å². The van der Waals surface area contributed by atoms with Crippen LogP contribution in [0.5, 0.6) is 0 Å². The Morgan fingerprint density at radius 3 is 2.86 bits per heavy atom. The zero-order valence-corrected chi connectivity index (χ0v) is 13.8. The van der Waals surface area contributed by atoms with Gasteiger partial charge in [-0.05, 0) is 45.4 Å². The molecule has 1 aromatic rings. The predicted molar refractivity (Wildman–Crippen MR) is 86.2 cm³/mol. The Kier molecular flexibility index (Phi) is 4.82. The molecule has 0 spiro atoms. The maximum absolute atomic E-state index is 11.8. The minimum Gasteiger partial charge on any atom is -0.444 e. The van der Waals surface area contributed by atoms with Gasteiger partial charge >= 0.3 is 6.09 Å². The van der Waals surface area contributed by atoms with E-state index in [1.54, 1.807) is 12.1 Å². The van der Waals surface area contributed by atoms with E-state index in [4.69, 9.17) is 16.3 Å². The Hall–Kier alpha value is -1.93. The number of ether oxygens (including phenoxy) is 1. The fourth-order valence-electron chi connectivity index (χ4n) is 2.44. The molecule has 1 amide bonds. The lowest BCUT2D eigenvalue weighted by Gasteiger charge is -2.23. The molecule has 1 aliphatic rings. The molecular formula is C16H20ClN3O2. The van der Waals surface area contributed by atoms with Gasteiger partial charge < -0.3 is 15.0 Å². The molecule has 5 nitrogen and oxygen atoms in total. The molecule has 6 heteroatoms. The number of nitrogens with zero attached hydrogens (tertiary/aromatic N) is 2. The first kappa shape index (κ1) is 16.4. The molecule has 0 saturated carbocycles. The zero-order chi connectivity index (χ0) is 16.3. The van der Waals surface area contributed by atoms with Gasteiger partial charge in [0.15, 0.2) is 0 Å². The van der Waals surface area contributed by atoms with Crippen LogP contribution in [-0.2, 0) is 4.74 Å². The van der Waals surface area contributed by atoms with Crippen molar-refractivity contribution in [2.45, 2.75) is 38.8 Å². The van der Waals surface area contributed by atoms with Crippen molar-refractivity contribution in [1.82, 2.24) is 5.32 Å². The third-order valence-electron chi connectivity index (χ3n) is 3.33. The summed E-state index contributed by atoms with van der Waals surface area (Å²) in [5.74, 6) is 0. The van der Waals surface area contributed by atoms with Gasteiger partial charge in [-0.15, -0.1) is 0 Å². The highest BCUT2D eigenvalue weighted by molar-refractivity contribution is 6.30. The van der Waals surface area contributed by atoms with Gasteiger partial charge in [-0.1, -0.05) is 11.6 Å². The number of halogens is 1. The Morgan fingerprint density at radius 1 is 1.50 bits per heavy atom. The lowest BCUT2D eigenvalue weighted by Crippen LogP contribution is -2.40. The van der Waals surface area contributed by atoms with E-state index in [0.717, 1.165) is 18.7 Å². The van der Waals surface area contributed by atoms with Crippen molar-refractivity contribution < 1.29 is 9.53 Å². The Morgan fingerprint density at radius 2 is 2.23 bits per heavy atom. The molecule has 1 atom stereocenters. The summed E-state index contributed by atoms with van der Waals surface area (Å²) in [7, 11) is 0. The largest absolute Gasteiger partial charge is 0.444 e. The summed E-state index contributed by atoms with van der Waals surface area (Å²) in [4.78, 5) is 13.9. The van der Waals surface area contributed by atoms with Gasteiger partial charge in [0, 0.05) is 18.1 Å². The molecule has 118 valence electrons. The summed E-state index contributed by atoms with van der Waals surface area (Å²) < 4.78 is 5.26. The molecule has 0 radical (unpaired) electrons. The van der Waals surface area contributed by atoms with Gasteiger partial charge in [0.1, 0.15) is 11.7 Å². The smallest absolute Gasteiger partial charge is 0.407 e. The van der Waals surface area contributed by atoms with Crippen LogP contribution in [0.3, 0.4) is 0 Å². The van der Waals surface area contributed by atoms with Gasteiger partial charge in [0.25, 0.3) is 0 Å². The van der Waals surface area contributed by atoms with Crippen LogP contribution in [0.15, 0.2) is 18.2 Å². The van der Waals surface area contributed by atoms with Crippen molar-refractivity contribution in [1.29, 1.82) is 5.26 Å². The van der Waals surface area contributed by atoms with Gasteiger partial charge in [-0.3, -0.25) is 0 Å². The van der Waals surface area contributed by atoms with Crippen molar-refractivity contribution in [3.05, 3.63) is 28.8 Å². The summed E-state index contributed by atoms with van der Waals surface area (Å²) >= 11 is 5.92. The molecule has 22 heavy (non-hydrogen) atoms. The first-order valence-electron chi connectivity index (χ1n) is 7.22. The predicted octanol–water partition coefficient (Wildman–Crippen LogP) is 3.32. The molecule has 1 heterocycles. The van der Waals surface area contributed by atoms with Gasteiger partial charge in [-0.25, -0.2) is 4.79 Å². The number of nitriles is 1. The number of carbonyl (C=O) groups excluding carboxylic acids is 1. The van der Waals surface area contributed by atoms with Crippen LogP contribution >= 0.6 is 11.6 Å². The molecule has 0 aliphatic carbocycles. The highest BCUT2D eigenvalue weighted by atomic mass is 35.5. The number of nitrogens with one attached hydrogen (secondary N) is 1. The van der Waals surface area contributed by atoms with Crippen molar-refractivity contribution in [3.8, 4) is 6.07 Å². The van der Waals surface area contributed by atoms with Crippen LogP contribution in [0.1, 0.15) is 32.8 Å². The number of alkyl carbamates (subject to hydrolysis) is 1. The lowest BCUT2D eigenvalue weighted by atomic mass is 10.2. The second kappa shape index (κ2) is 6.45. The molecular weight excluding hydrogens is 302 g/mol. The second-order valence-electron chi connectivity index (χ2n) is 6.35. The number of carbonyl (C=O) groups is 1. The number of hydrogen-bond donors (Lipinski definition) is 1. The summed E-state index contributed by atoms with van der Waals surface area (Å²) in [6.45, 7) is 6.92. The Labute approximate surface area is 135 Å². The van der Waals surface area contributed by atoms with E-state index in [0.29, 0.717) is 17.1 Å². The SMILES string of the molecule is CC(C)(C)OC(=O)NC1CCN(c2ccc(Cl)cc2C#N)C1. The molecule has 1 aromatic carbocycles. The first-order valence-corrected chi connectivity index (χ1v) is 7.60. The third-order valence-corrected chi connectivity index (χ3v) is 3.56. The average molecular weight is 322 g/mol. The van der Waals surface area contributed by atoms with E-state index >= 15 is 0 Å². The minimum atomic E-state index is -0.507. The number of benzene rings is 1. The van der Waals surface area contributed by atoms with E-state index in [1.807, 2.05) is 26.8 Å². The van der Waals surface area contributed by atoms with Crippen LogP contribution in [0.4, 0.5) is 10.5 Å². The van der Waals surface area contributed by atoms with E-state index in [1.165, 1.54) is 0 Å². The van der Waals surface area contributed by atoms with Crippen LogP contribution < -0.4 is 10.2 Å². The zero-order valence-electron chi connectivity index (χ0n) is 13.0. The number of rotatable bonds is 2. The maximum atomic E-state index is 11.8. The van der Waals surface area contributed by atoms with Crippen LogP contribution in [0.25, 0.3) is 0 Å². The van der Waals surface area contributed by atoms with Crippen molar-refractivity contribution >= 4 is 23.4 Å². The van der Waals surface area contributed by atoms with Gasteiger partial charge in [0.05, 0.1) is 17.3 Å². The van der Waals surface area contributed by atoms with Crippen LogP contribution in [0.2, 0.25) is 5.02 Å². The molecule has 1 N–H and O–H groups in total. The lowest BCUT2D eigenvalue weighted by molar-refractivity contribution is 0.0509. The Bertz CT molecular complexity index is 604. The number of amides is 1. The molecule has 1 saturated heterocycles. The van der Waals surface area contributed by atoms with E-state index < -0.39 is 11.7 Å². The van der Waals surface area contributed by atoms with Gasteiger partial charge in [0.2, 0.25) is 0 Å². The van der Waals surface area contributed by atoms with Crippen molar-refractivity contribution in [2.24, 2.45) is 0 Å². The van der Waals surface area contributed by atoms with E-state index in [9.17, 15) is 10.1 Å². The second-order valence-corrected chi connectivity index (χ2v) is 6.79. The minimum absolute atomic E-state index is 0.0112. The normalized spacial score (nSPS) is 18.0. The Balaban J connectivity index is 1.99. The molecule has 1 aliphatic heterocycles. The van der Waals surface area contributed by atoms with Crippen molar-refractivity contribution in [2.75, 3.05) is 18.0 Å². The van der Waals surface area contributed by atoms with Crippen LogP contribution in [0, 0.1) is 11.3 Å². The number of anilines is 1. The van der Waals surface area contributed by atoms with Crippen molar-refractivity contribution in [3.63, 3.8) is 0 Å². The van der Waals surface area contributed by atoms with Crippen LogP contribution in [-0.4, -0.2) is 30.8 Å². The summed E-state index contributed by atoms with van der Waals surface area (Å²) in [5.41, 5.74) is 0.887. The summed E-state index contributed by atoms with van der Waals surface area (Å²) in [5, 5.41) is 12.6. The third kappa shape index (κ3) is 4.28. The highest BCUT2D eigenvalue weighted by Gasteiger charge is 2.27. The summed E-state index contributed by atoms with van der Waals surface area (Å²) in [6, 6.07) is 7.45. The molecule has 0 bridgehead atoms. The fourth-order valence-corrected chi connectivity index (χ4v) is 2.62. The van der Waals surface area contributed by atoms with Gasteiger partial charge in [-0.2, -0.15) is 5.26 Å². The maximum Gasteiger partial charge on any atom is 0.407 e. The molecule has 2 rings (SSSR count). The quantitative estimate of drug-likeness (QED) is 0.907. The molecule has 0 aromatic heterocycles. The fraction of sp³-hybridized carbons (Fsp3) is 0.500. The van der Waals surface area contributed by atoms with E-state index in [2.05, 4.69) is 16.3 Å². The first-order chi connectivity index (χ1) is 10.3. The number of hydrogen-bond acceptors (Lipinski definition) is 4.